The first kappa shape index (κ1) is 20.7. The minimum Gasteiger partial charge on any atom is -0.349 e. The molecule has 0 unspecified atom stereocenters. The maximum absolute atomic E-state index is 12.8. The predicted molar refractivity (Wildman–Crippen MR) is 113 cm³/mol. The number of fused-ring (bicyclic) bond motifs is 1. The molecule has 29 heavy (non-hydrogen) atoms. The van der Waals surface area contributed by atoms with Gasteiger partial charge < -0.3 is 10.3 Å². The molecule has 1 amide bonds. The number of carbonyl (C=O) groups is 2. The Morgan fingerprint density at radius 3 is 2.79 bits per heavy atom. The van der Waals surface area contributed by atoms with Crippen LogP contribution in [-0.4, -0.2) is 32.7 Å². The third-order valence-electron chi connectivity index (χ3n) is 4.87. The summed E-state index contributed by atoms with van der Waals surface area (Å²) >= 11 is 1.31. The average molecular weight is 410 g/mol. The van der Waals surface area contributed by atoms with Crippen molar-refractivity contribution >= 4 is 34.2 Å². The lowest BCUT2D eigenvalue weighted by atomic mass is 9.88. The van der Waals surface area contributed by atoms with E-state index in [2.05, 4.69) is 41.0 Å². The van der Waals surface area contributed by atoms with Gasteiger partial charge in [-0.15, -0.1) is 11.3 Å². The molecule has 0 saturated heterocycles. The highest BCUT2D eigenvalue weighted by molar-refractivity contribution is 7.17. The van der Waals surface area contributed by atoms with Gasteiger partial charge in [-0.3, -0.25) is 9.59 Å². The second-order valence-corrected chi connectivity index (χ2v) is 9.04. The Bertz CT molecular complexity index is 1100. The number of nitrogens with zero attached hydrogens (tertiary/aromatic N) is 3. The number of carbonyl (C=O) groups excluding carboxylic acids is 2. The Morgan fingerprint density at radius 1 is 1.34 bits per heavy atom. The summed E-state index contributed by atoms with van der Waals surface area (Å²) < 4.78 is 0. The summed E-state index contributed by atoms with van der Waals surface area (Å²) in [5.74, 6) is -0.265. The zero-order chi connectivity index (χ0) is 21.2. The molecule has 1 atom stereocenters. The van der Waals surface area contributed by atoms with Crippen molar-refractivity contribution in [2.24, 2.45) is 5.41 Å². The second-order valence-electron chi connectivity index (χ2n) is 7.96. The quantitative estimate of drug-likeness (QED) is 0.588. The summed E-state index contributed by atoms with van der Waals surface area (Å²) in [5, 5.41) is 11.7. The SMILES string of the molecule is C[C@H](NC(=O)c1c[nH]c2ncc(-c3ccc(C(=O)CCC#N)s3)nc12)C(C)(C)C. The third kappa shape index (κ3) is 4.51. The van der Waals surface area contributed by atoms with Gasteiger partial charge in [-0.05, 0) is 24.5 Å². The normalized spacial score (nSPS) is 12.5. The molecular formula is C21H23N5O2S. The van der Waals surface area contributed by atoms with E-state index < -0.39 is 0 Å². The van der Waals surface area contributed by atoms with Crippen LogP contribution in [0.5, 0.6) is 0 Å². The zero-order valence-corrected chi connectivity index (χ0v) is 17.7. The Balaban J connectivity index is 1.88. The Labute approximate surface area is 173 Å². The number of Topliss-reactive ketones (excluding diaryl/α,β-unsaturated/α-hetero) is 1. The molecule has 2 N–H and O–H groups in total. The van der Waals surface area contributed by atoms with Crippen LogP contribution in [0.15, 0.2) is 24.5 Å². The number of ketones is 1. The highest BCUT2D eigenvalue weighted by atomic mass is 32.1. The average Bonchev–Trinajstić information content (AvgIpc) is 3.31. The van der Waals surface area contributed by atoms with Gasteiger partial charge in [-0.1, -0.05) is 20.8 Å². The Hall–Kier alpha value is -3.05. The summed E-state index contributed by atoms with van der Waals surface area (Å²) in [7, 11) is 0. The minimum absolute atomic E-state index is 0.0182. The van der Waals surface area contributed by atoms with Crippen molar-refractivity contribution in [2.45, 2.75) is 46.6 Å². The van der Waals surface area contributed by atoms with Gasteiger partial charge in [0, 0.05) is 25.1 Å². The van der Waals surface area contributed by atoms with Crippen LogP contribution in [0.25, 0.3) is 21.7 Å². The molecule has 150 valence electrons. The van der Waals surface area contributed by atoms with E-state index in [1.165, 1.54) is 11.3 Å². The number of rotatable bonds is 6. The topological polar surface area (TPSA) is 112 Å². The van der Waals surface area contributed by atoms with Crippen LogP contribution in [0.1, 0.15) is 60.6 Å². The number of nitrogens with one attached hydrogen (secondary N) is 2. The zero-order valence-electron chi connectivity index (χ0n) is 16.9. The van der Waals surface area contributed by atoms with E-state index in [9.17, 15) is 9.59 Å². The standard InChI is InChI=1S/C21H23N5O2S/c1-12(21(2,3)4)25-20(28)13-10-23-19-18(13)26-14(11-24-19)16-7-8-17(29-16)15(27)6-5-9-22/h7-8,10-12H,5-6H2,1-4H3,(H,23,24)(H,25,28)/t12-/m0/s1. The second kappa shape index (κ2) is 8.13. The van der Waals surface area contributed by atoms with Crippen molar-refractivity contribution < 1.29 is 9.59 Å². The van der Waals surface area contributed by atoms with E-state index in [1.54, 1.807) is 18.5 Å². The fraction of sp³-hybridized carbons (Fsp3) is 0.381. The number of aromatic amines is 1. The van der Waals surface area contributed by atoms with Gasteiger partial charge in [0.2, 0.25) is 0 Å². The molecule has 0 bridgehead atoms. The molecule has 0 saturated carbocycles. The molecule has 3 heterocycles. The first-order valence-electron chi connectivity index (χ1n) is 9.36. The van der Waals surface area contributed by atoms with E-state index >= 15 is 0 Å². The molecule has 0 aliphatic heterocycles. The monoisotopic (exact) mass is 409 g/mol. The molecule has 0 aliphatic rings. The van der Waals surface area contributed by atoms with Gasteiger partial charge in [-0.2, -0.15) is 5.26 Å². The molecule has 8 heteroatoms. The van der Waals surface area contributed by atoms with E-state index in [1.807, 2.05) is 19.1 Å². The first-order valence-corrected chi connectivity index (χ1v) is 10.2. The highest BCUT2D eigenvalue weighted by Gasteiger charge is 2.24. The number of hydrogen-bond donors (Lipinski definition) is 2. The van der Waals surface area contributed by atoms with Crippen LogP contribution in [0.2, 0.25) is 0 Å². The van der Waals surface area contributed by atoms with E-state index in [0.717, 1.165) is 4.88 Å². The minimum atomic E-state index is -0.205. The smallest absolute Gasteiger partial charge is 0.255 e. The van der Waals surface area contributed by atoms with Crippen molar-refractivity contribution in [3.8, 4) is 16.6 Å². The predicted octanol–water partition coefficient (Wildman–Crippen LogP) is 4.34. The number of H-pyrrole nitrogens is 1. The lowest BCUT2D eigenvalue weighted by Crippen LogP contribution is -2.41. The van der Waals surface area contributed by atoms with Crippen molar-refractivity contribution in [2.75, 3.05) is 0 Å². The van der Waals surface area contributed by atoms with Gasteiger partial charge in [0.25, 0.3) is 5.91 Å². The van der Waals surface area contributed by atoms with Gasteiger partial charge in [0.15, 0.2) is 11.4 Å². The Kier molecular flexibility index (Phi) is 5.80. The fourth-order valence-corrected chi connectivity index (χ4v) is 3.52. The molecule has 3 aromatic rings. The van der Waals surface area contributed by atoms with E-state index in [4.69, 9.17) is 5.26 Å². The van der Waals surface area contributed by atoms with Crippen LogP contribution in [0, 0.1) is 16.7 Å². The van der Waals surface area contributed by atoms with E-state index in [0.29, 0.717) is 27.3 Å². The first-order chi connectivity index (χ1) is 13.7. The van der Waals surface area contributed by atoms with E-state index in [-0.39, 0.29) is 36.0 Å². The molecule has 0 aromatic carbocycles. The fourth-order valence-electron chi connectivity index (χ4n) is 2.59. The van der Waals surface area contributed by atoms with Crippen LogP contribution >= 0.6 is 11.3 Å². The van der Waals surface area contributed by atoms with Gasteiger partial charge >= 0.3 is 0 Å². The molecule has 7 nitrogen and oxygen atoms in total. The molecular weight excluding hydrogens is 386 g/mol. The Morgan fingerprint density at radius 2 is 2.10 bits per heavy atom. The lowest BCUT2D eigenvalue weighted by molar-refractivity contribution is 0.0911. The molecule has 0 radical (unpaired) electrons. The number of hydrogen-bond acceptors (Lipinski definition) is 6. The van der Waals surface area contributed by atoms with Crippen molar-refractivity contribution in [3.63, 3.8) is 0 Å². The number of thiophene rings is 1. The summed E-state index contributed by atoms with van der Waals surface area (Å²) in [6, 6.07) is 5.52. The molecule has 0 spiro atoms. The summed E-state index contributed by atoms with van der Waals surface area (Å²) in [5.41, 5.74) is 1.99. The number of aromatic nitrogens is 3. The summed E-state index contributed by atoms with van der Waals surface area (Å²) in [6.07, 6.45) is 3.64. The molecule has 3 rings (SSSR count). The largest absolute Gasteiger partial charge is 0.349 e. The van der Waals surface area contributed by atoms with Crippen molar-refractivity contribution in [1.29, 1.82) is 5.26 Å². The van der Waals surface area contributed by atoms with Crippen LogP contribution in [0.3, 0.4) is 0 Å². The molecule has 3 aromatic heterocycles. The summed E-state index contributed by atoms with van der Waals surface area (Å²) in [6.45, 7) is 8.17. The van der Waals surface area contributed by atoms with Gasteiger partial charge in [0.05, 0.1) is 33.3 Å². The van der Waals surface area contributed by atoms with Crippen molar-refractivity contribution in [3.05, 3.63) is 35.0 Å². The van der Waals surface area contributed by atoms with Gasteiger partial charge in [0.1, 0.15) is 5.52 Å². The maximum Gasteiger partial charge on any atom is 0.255 e. The molecule has 0 fully saturated rings. The lowest BCUT2D eigenvalue weighted by Gasteiger charge is -2.27. The highest BCUT2D eigenvalue weighted by Crippen LogP contribution is 2.29. The number of nitriles is 1. The number of amides is 1. The van der Waals surface area contributed by atoms with Gasteiger partial charge in [-0.25, -0.2) is 9.97 Å². The van der Waals surface area contributed by atoms with Crippen LogP contribution in [0.4, 0.5) is 0 Å². The van der Waals surface area contributed by atoms with Crippen molar-refractivity contribution in [1.82, 2.24) is 20.3 Å². The summed E-state index contributed by atoms with van der Waals surface area (Å²) in [4.78, 5) is 38.2. The van der Waals surface area contributed by atoms with Crippen LogP contribution in [-0.2, 0) is 0 Å². The maximum atomic E-state index is 12.8. The van der Waals surface area contributed by atoms with Crippen LogP contribution < -0.4 is 5.32 Å². The molecule has 0 aliphatic carbocycles. The third-order valence-corrected chi connectivity index (χ3v) is 6.02.